The molecule has 0 bridgehead atoms. The summed E-state index contributed by atoms with van der Waals surface area (Å²) in [6.07, 6.45) is -5.91. The summed E-state index contributed by atoms with van der Waals surface area (Å²) in [6.45, 7) is 0.678. The molecule has 0 heterocycles. The van der Waals surface area contributed by atoms with Crippen LogP contribution in [0.1, 0.15) is 55.3 Å². The number of amides is 2. The van der Waals surface area contributed by atoms with Gasteiger partial charge < -0.3 is 10.6 Å². The second-order valence-corrected chi connectivity index (χ2v) is 11.3. The molecule has 0 aromatic heterocycles. The quantitative estimate of drug-likeness (QED) is 0.148. The van der Waals surface area contributed by atoms with Gasteiger partial charge >= 0.3 is 12.1 Å². The van der Waals surface area contributed by atoms with Crippen LogP contribution >= 0.6 is 11.6 Å². The first-order chi connectivity index (χ1) is 21.1. The average molecular weight is 651 g/mol. The molecule has 0 saturated carbocycles. The SMILES string of the molecule is CC(C)[C@H](CC(=O)[C@@H](NC(=O)C[C@H](c1ccccc1)c1cccc(Cl)c1)c1ccccc1)C(=O)C(F)(F)C(=O)NCC(F)(F)F. The molecule has 6 nitrogen and oxygen atoms in total. The zero-order chi connectivity index (χ0) is 33.4. The number of hydrogen-bond donors (Lipinski definition) is 2. The number of halogens is 6. The molecule has 3 atom stereocenters. The number of benzene rings is 3. The number of carbonyl (C=O) groups excluding carboxylic acids is 4. The maximum Gasteiger partial charge on any atom is 0.405 e. The van der Waals surface area contributed by atoms with E-state index in [-0.39, 0.29) is 6.42 Å². The number of Topliss-reactive ketones (excluding diaryl/α,β-unsaturated/α-hetero) is 2. The lowest BCUT2D eigenvalue weighted by molar-refractivity contribution is -0.167. The summed E-state index contributed by atoms with van der Waals surface area (Å²) >= 11 is 6.21. The third-order valence-electron chi connectivity index (χ3n) is 7.21. The fourth-order valence-electron chi connectivity index (χ4n) is 4.84. The van der Waals surface area contributed by atoms with Gasteiger partial charge in [0.25, 0.3) is 5.91 Å². The Hall–Kier alpha value is -4.12. The zero-order valence-electron chi connectivity index (χ0n) is 24.4. The average Bonchev–Trinajstić information content (AvgIpc) is 2.99. The van der Waals surface area contributed by atoms with E-state index in [2.05, 4.69) is 5.32 Å². The van der Waals surface area contributed by atoms with Crippen molar-refractivity contribution in [1.82, 2.24) is 10.6 Å². The van der Waals surface area contributed by atoms with Crippen molar-refractivity contribution in [1.29, 1.82) is 0 Å². The fourth-order valence-corrected chi connectivity index (χ4v) is 5.04. The number of nitrogens with one attached hydrogen (secondary N) is 2. The molecule has 3 aromatic rings. The normalized spacial score (nSPS) is 13.9. The highest BCUT2D eigenvalue weighted by Crippen LogP contribution is 2.32. The molecule has 3 aromatic carbocycles. The van der Waals surface area contributed by atoms with Crippen LogP contribution in [0, 0.1) is 11.8 Å². The smallest absolute Gasteiger partial charge is 0.342 e. The number of alkyl halides is 5. The molecule has 3 rings (SSSR count). The first kappa shape index (κ1) is 35.4. The van der Waals surface area contributed by atoms with E-state index in [4.69, 9.17) is 11.6 Å². The number of hydrogen-bond acceptors (Lipinski definition) is 4. The van der Waals surface area contributed by atoms with Gasteiger partial charge in [-0.05, 0) is 34.7 Å². The predicted octanol–water partition coefficient (Wildman–Crippen LogP) is 6.83. The molecule has 0 saturated heterocycles. The van der Waals surface area contributed by atoms with Crippen LogP contribution in [-0.4, -0.2) is 42.0 Å². The Morgan fingerprint density at radius 3 is 1.84 bits per heavy atom. The highest BCUT2D eigenvalue weighted by atomic mass is 35.5. The second-order valence-electron chi connectivity index (χ2n) is 10.9. The summed E-state index contributed by atoms with van der Waals surface area (Å²) in [5.74, 6) is -13.7. The molecule has 45 heavy (non-hydrogen) atoms. The maximum absolute atomic E-state index is 14.8. The fraction of sp³-hybridized carbons (Fsp3) is 0.333. The molecule has 240 valence electrons. The number of ketones is 2. The van der Waals surface area contributed by atoms with Crippen LogP contribution in [0.15, 0.2) is 84.9 Å². The van der Waals surface area contributed by atoms with Crippen molar-refractivity contribution >= 4 is 35.0 Å². The summed E-state index contributed by atoms with van der Waals surface area (Å²) in [5.41, 5.74) is 1.86. The summed E-state index contributed by atoms with van der Waals surface area (Å²) in [4.78, 5) is 51.9. The largest absolute Gasteiger partial charge is 0.405 e. The molecule has 0 aliphatic carbocycles. The Morgan fingerprint density at radius 1 is 0.756 bits per heavy atom. The Morgan fingerprint density at radius 2 is 1.31 bits per heavy atom. The minimum atomic E-state index is -4.98. The first-order valence-electron chi connectivity index (χ1n) is 14.0. The Kier molecular flexibility index (Phi) is 12.0. The minimum absolute atomic E-state index is 0.120. The standard InChI is InChI=1S/C33H32ClF5N2O4/c1-20(2)25(30(44)33(38,39)31(45)40-19-32(35,36)37)17-27(42)29(22-12-7-4-8-13-22)41-28(43)18-26(21-10-5-3-6-11-21)23-14-9-15-24(34)16-23/h3-16,20,25-26,29H,17-19H2,1-2H3,(H,40,45)(H,41,43)/t25-,26+,29-/m0/s1. The molecule has 0 spiro atoms. The van der Waals surface area contributed by atoms with E-state index >= 15 is 0 Å². The Labute approximate surface area is 262 Å². The van der Waals surface area contributed by atoms with Gasteiger partial charge in [0, 0.05) is 29.7 Å². The van der Waals surface area contributed by atoms with Gasteiger partial charge in [0.1, 0.15) is 12.6 Å². The van der Waals surface area contributed by atoms with Gasteiger partial charge in [0.15, 0.2) is 5.78 Å². The highest BCUT2D eigenvalue weighted by molar-refractivity contribution is 6.30. The monoisotopic (exact) mass is 650 g/mol. The molecular formula is C33H32ClF5N2O4. The lowest BCUT2D eigenvalue weighted by Crippen LogP contribution is -2.51. The lowest BCUT2D eigenvalue weighted by Gasteiger charge is -2.26. The van der Waals surface area contributed by atoms with Gasteiger partial charge in [-0.25, -0.2) is 0 Å². The van der Waals surface area contributed by atoms with Crippen molar-refractivity contribution in [3.05, 3.63) is 107 Å². The number of carbonyl (C=O) groups is 4. The topological polar surface area (TPSA) is 92.3 Å². The zero-order valence-corrected chi connectivity index (χ0v) is 25.2. The minimum Gasteiger partial charge on any atom is -0.342 e. The van der Waals surface area contributed by atoms with Crippen LogP contribution < -0.4 is 10.6 Å². The highest BCUT2D eigenvalue weighted by Gasteiger charge is 2.51. The molecular weight excluding hydrogens is 619 g/mol. The van der Waals surface area contributed by atoms with Crippen LogP contribution in [-0.2, 0) is 19.2 Å². The van der Waals surface area contributed by atoms with E-state index in [0.29, 0.717) is 10.6 Å². The third kappa shape index (κ3) is 9.94. The molecule has 0 aliphatic rings. The van der Waals surface area contributed by atoms with Gasteiger partial charge in [-0.3, -0.25) is 19.2 Å². The Balaban J connectivity index is 1.86. The van der Waals surface area contributed by atoms with E-state index in [0.717, 1.165) is 16.4 Å². The van der Waals surface area contributed by atoms with Gasteiger partial charge in [-0.2, -0.15) is 22.0 Å². The summed E-state index contributed by atoms with van der Waals surface area (Å²) in [5, 5.41) is 4.16. The van der Waals surface area contributed by atoms with Crippen molar-refractivity contribution in [2.24, 2.45) is 11.8 Å². The van der Waals surface area contributed by atoms with Crippen molar-refractivity contribution in [2.75, 3.05) is 6.54 Å². The maximum atomic E-state index is 14.8. The summed E-state index contributed by atoms with van der Waals surface area (Å²) in [7, 11) is 0. The molecule has 12 heteroatoms. The van der Waals surface area contributed by atoms with Crippen molar-refractivity contribution in [2.45, 2.75) is 50.7 Å². The molecule has 0 radical (unpaired) electrons. The number of rotatable bonds is 14. The van der Waals surface area contributed by atoms with Gasteiger partial charge in [-0.15, -0.1) is 0 Å². The Bertz CT molecular complexity index is 1480. The van der Waals surface area contributed by atoms with Gasteiger partial charge in [-0.1, -0.05) is 98.2 Å². The third-order valence-corrected chi connectivity index (χ3v) is 7.44. The van der Waals surface area contributed by atoms with Crippen LogP contribution in [0.3, 0.4) is 0 Å². The van der Waals surface area contributed by atoms with E-state index in [1.807, 2.05) is 30.3 Å². The first-order valence-corrected chi connectivity index (χ1v) is 14.4. The van der Waals surface area contributed by atoms with E-state index in [1.54, 1.807) is 54.6 Å². The van der Waals surface area contributed by atoms with Gasteiger partial charge in [0.05, 0.1) is 0 Å². The summed E-state index contributed by atoms with van der Waals surface area (Å²) in [6, 6.07) is 22.7. The molecule has 0 fully saturated rings. The van der Waals surface area contributed by atoms with Crippen LogP contribution in [0.4, 0.5) is 22.0 Å². The van der Waals surface area contributed by atoms with Gasteiger partial charge in [0.2, 0.25) is 11.7 Å². The lowest BCUT2D eigenvalue weighted by atomic mass is 9.82. The van der Waals surface area contributed by atoms with Crippen molar-refractivity contribution in [3.8, 4) is 0 Å². The van der Waals surface area contributed by atoms with Crippen LogP contribution in [0.2, 0.25) is 5.02 Å². The predicted molar refractivity (Wildman–Crippen MR) is 159 cm³/mol. The molecule has 2 N–H and O–H groups in total. The van der Waals surface area contributed by atoms with Crippen LogP contribution in [0.5, 0.6) is 0 Å². The molecule has 0 unspecified atom stereocenters. The van der Waals surface area contributed by atoms with E-state index in [9.17, 15) is 41.1 Å². The van der Waals surface area contributed by atoms with Crippen LogP contribution in [0.25, 0.3) is 0 Å². The van der Waals surface area contributed by atoms with E-state index < -0.39 is 72.2 Å². The van der Waals surface area contributed by atoms with Crippen molar-refractivity contribution in [3.63, 3.8) is 0 Å². The summed E-state index contributed by atoms with van der Waals surface area (Å²) < 4.78 is 66.9. The molecule has 2 amide bonds. The van der Waals surface area contributed by atoms with Crippen molar-refractivity contribution < 1.29 is 41.1 Å². The molecule has 0 aliphatic heterocycles. The van der Waals surface area contributed by atoms with E-state index in [1.165, 1.54) is 13.8 Å². The second kappa shape index (κ2) is 15.2.